The molecule has 0 aliphatic carbocycles. The number of rotatable bonds is 7. The van der Waals surface area contributed by atoms with Gasteiger partial charge in [-0.2, -0.15) is 5.26 Å². The fraction of sp³-hybridized carbons (Fsp3) is 0.467. The first-order valence-corrected chi connectivity index (χ1v) is 6.28. The largest absolute Gasteiger partial charge is 0.494 e. The molecular formula is C15H19NO3. The predicted molar refractivity (Wildman–Crippen MR) is 71.9 cm³/mol. The molecule has 0 aromatic heterocycles. The number of nitriles is 1. The Kier molecular flexibility index (Phi) is 5.37. The van der Waals surface area contributed by atoms with E-state index < -0.39 is 5.97 Å². The number of ether oxygens (including phenoxy) is 1. The standard InChI is InChI=1S/C15H19NO3/c1-15(2,11-16)7-4-8-19-13-6-3-5-12(9-13)10-14(17)18/h3,5-6,9H,4,7-8,10H2,1-2H3,(H,17,18). The maximum Gasteiger partial charge on any atom is 0.307 e. The summed E-state index contributed by atoms with van der Waals surface area (Å²) in [5.74, 6) is -0.179. The first-order valence-electron chi connectivity index (χ1n) is 6.28. The molecule has 0 amide bonds. The quantitative estimate of drug-likeness (QED) is 0.766. The lowest BCUT2D eigenvalue weighted by Gasteiger charge is -2.14. The summed E-state index contributed by atoms with van der Waals surface area (Å²) in [7, 11) is 0. The van der Waals surface area contributed by atoms with Gasteiger partial charge in [-0.25, -0.2) is 0 Å². The van der Waals surface area contributed by atoms with E-state index in [1.54, 1.807) is 24.3 Å². The number of aliphatic carboxylic acids is 1. The van der Waals surface area contributed by atoms with Crippen LogP contribution in [0.5, 0.6) is 5.75 Å². The molecule has 4 heteroatoms. The van der Waals surface area contributed by atoms with Crippen molar-refractivity contribution < 1.29 is 14.6 Å². The van der Waals surface area contributed by atoms with Crippen LogP contribution < -0.4 is 4.74 Å². The molecule has 0 heterocycles. The molecule has 0 spiro atoms. The Morgan fingerprint density at radius 3 is 2.84 bits per heavy atom. The molecule has 1 N–H and O–H groups in total. The number of nitrogens with zero attached hydrogens (tertiary/aromatic N) is 1. The van der Waals surface area contributed by atoms with E-state index in [1.807, 2.05) is 13.8 Å². The van der Waals surface area contributed by atoms with Gasteiger partial charge in [-0.05, 0) is 44.4 Å². The van der Waals surface area contributed by atoms with Crippen LogP contribution in [0.15, 0.2) is 24.3 Å². The highest BCUT2D eigenvalue weighted by molar-refractivity contribution is 5.70. The molecular weight excluding hydrogens is 242 g/mol. The van der Waals surface area contributed by atoms with Crippen LogP contribution in [-0.2, 0) is 11.2 Å². The average Bonchev–Trinajstić information content (AvgIpc) is 2.34. The molecule has 0 saturated heterocycles. The van der Waals surface area contributed by atoms with Crippen LogP contribution in [0.4, 0.5) is 0 Å². The molecule has 0 aliphatic heterocycles. The van der Waals surface area contributed by atoms with E-state index in [9.17, 15) is 4.79 Å². The van der Waals surface area contributed by atoms with E-state index in [2.05, 4.69) is 6.07 Å². The van der Waals surface area contributed by atoms with E-state index in [0.717, 1.165) is 18.4 Å². The fourth-order valence-electron chi connectivity index (χ4n) is 1.68. The van der Waals surface area contributed by atoms with Crippen LogP contribution in [0.1, 0.15) is 32.3 Å². The molecule has 0 saturated carbocycles. The summed E-state index contributed by atoms with van der Waals surface area (Å²) in [6.07, 6.45) is 1.57. The predicted octanol–water partition coefficient (Wildman–Crippen LogP) is 3.02. The van der Waals surface area contributed by atoms with E-state index in [-0.39, 0.29) is 11.8 Å². The number of hydrogen-bond donors (Lipinski definition) is 1. The van der Waals surface area contributed by atoms with Crippen molar-refractivity contribution in [2.45, 2.75) is 33.1 Å². The number of benzene rings is 1. The second-order valence-electron chi connectivity index (χ2n) is 5.17. The fourth-order valence-corrected chi connectivity index (χ4v) is 1.68. The van der Waals surface area contributed by atoms with Gasteiger partial charge in [0, 0.05) is 0 Å². The van der Waals surface area contributed by atoms with Crippen LogP contribution in [0.25, 0.3) is 0 Å². The Balaban J connectivity index is 2.42. The van der Waals surface area contributed by atoms with Crippen molar-refractivity contribution >= 4 is 5.97 Å². The highest BCUT2D eigenvalue weighted by Crippen LogP contribution is 2.21. The van der Waals surface area contributed by atoms with Gasteiger partial charge in [0.15, 0.2) is 0 Å². The maximum atomic E-state index is 10.6. The van der Waals surface area contributed by atoms with Crippen molar-refractivity contribution in [2.24, 2.45) is 5.41 Å². The molecule has 0 unspecified atom stereocenters. The zero-order valence-corrected chi connectivity index (χ0v) is 11.3. The monoisotopic (exact) mass is 261 g/mol. The lowest BCUT2D eigenvalue weighted by molar-refractivity contribution is -0.136. The SMILES string of the molecule is CC(C)(C#N)CCCOc1cccc(CC(=O)O)c1. The molecule has 0 aliphatic rings. The number of carboxylic acids is 1. The molecule has 0 atom stereocenters. The zero-order chi connectivity index (χ0) is 14.3. The summed E-state index contributed by atoms with van der Waals surface area (Å²) in [6.45, 7) is 4.34. The molecule has 19 heavy (non-hydrogen) atoms. The molecule has 0 radical (unpaired) electrons. The van der Waals surface area contributed by atoms with Gasteiger partial charge in [0.2, 0.25) is 0 Å². The van der Waals surface area contributed by atoms with Gasteiger partial charge in [0.05, 0.1) is 24.5 Å². The topological polar surface area (TPSA) is 70.3 Å². The van der Waals surface area contributed by atoms with E-state index in [1.165, 1.54) is 0 Å². The highest BCUT2D eigenvalue weighted by atomic mass is 16.5. The smallest absolute Gasteiger partial charge is 0.307 e. The van der Waals surface area contributed by atoms with Crippen LogP contribution in [0.2, 0.25) is 0 Å². The molecule has 0 fully saturated rings. The Hall–Kier alpha value is -2.02. The Morgan fingerprint density at radius 2 is 2.21 bits per heavy atom. The van der Waals surface area contributed by atoms with Gasteiger partial charge in [-0.1, -0.05) is 12.1 Å². The Morgan fingerprint density at radius 1 is 1.47 bits per heavy atom. The van der Waals surface area contributed by atoms with Gasteiger partial charge >= 0.3 is 5.97 Å². The third-order valence-electron chi connectivity index (χ3n) is 2.77. The molecule has 1 rings (SSSR count). The van der Waals surface area contributed by atoms with Crippen molar-refractivity contribution in [3.63, 3.8) is 0 Å². The third kappa shape index (κ3) is 5.91. The second kappa shape index (κ2) is 6.79. The number of carbonyl (C=O) groups is 1. The summed E-state index contributed by atoms with van der Waals surface area (Å²) in [5.41, 5.74) is 0.400. The summed E-state index contributed by atoms with van der Waals surface area (Å²) < 4.78 is 5.57. The van der Waals surface area contributed by atoms with Gasteiger partial charge in [0.1, 0.15) is 5.75 Å². The molecule has 1 aromatic carbocycles. The minimum atomic E-state index is -0.854. The molecule has 1 aromatic rings. The van der Waals surface area contributed by atoms with E-state index >= 15 is 0 Å². The van der Waals surface area contributed by atoms with Crippen molar-refractivity contribution in [2.75, 3.05) is 6.61 Å². The van der Waals surface area contributed by atoms with Crippen molar-refractivity contribution in [1.82, 2.24) is 0 Å². The maximum absolute atomic E-state index is 10.6. The zero-order valence-electron chi connectivity index (χ0n) is 11.3. The number of hydrogen-bond acceptors (Lipinski definition) is 3. The van der Waals surface area contributed by atoms with Crippen molar-refractivity contribution in [1.29, 1.82) is 5.26 Å². The van der Waals surface area contributed by atoms with Crippen molar-refractivity contribution in [3.05, 3.63) is 29.8 Å². The van der Waals surface area contributed by atoms with Gasteiger partial charge in [0.25, 0.3) is 0 Å². The van der Waals surface area contributed by atoms with Crippen LogP contribution in [0, 0.1) is 16.7 Å². The van der Waals surface area contributed by atoms with E-state index in [0.29, 0.717) is 12.4 Å². The average molecular weight is 261 g/mol. The number of carboxylic acid groups (broad SMARTS) is 1. The minimum absolute atomic E-state index is 0.00133. The summed E-state index contributed by atoms with van der Waals surface area (Å²) in [5, 5.41) is 17.6. The van der Waals surface area contributed by atoms with Crippen molar-refractivity contribution in [3.8, 4) is 11.8 Å². The normalized spacial score (nSPS) is 10.8. The highest BCUT2D eigenvalue weighted by Gasteiger charge is 2.15. The van der Waals surface area contributed by atoms with Crippen LogP contribution in [0.3, 0.4) is 0 Å². The lowest BCUT2D eigenvalue weighted by atomic mass is 9.90. The minimum Gasteiger partial charge on any atom is -0.494 e. The van der Waals surface area contributed by atoms with Gasteiger partial charge in [-0.3, -0.25) is 4.79 Å². The van der Waals surface area contributed by atoms with Gasteiger partial charge in [-0.15, -0.1) is 0 Å². The van der Waals surface area contributed by atoms with Gasteiger partial charge < -0.3 is 9.84 Å². The lowest BCUT2D eigenvalue weighted by Crippen LogP contribution is -2.10. The Labute approximate surface area is 113 Å². The summed E-state index contributed by atoms with van der Waals surface area (Å²) in [6, 6.07) is 9.34. The summed E-state index contributed by atoms with van der Waals surface area (Å²) >= 11 is 0. The Bertz CT molecular complexity index is 475. The molecule has 102 valence electrons. The molecule has 0 bridgehead atoms. The summed E-state index contributed by atoms with van der Waals surface area (Å²) in [4.78, 5) is 10.6. The van der Waals surface area contributed by atoms with Crippen LogP contribution >= 0.6 is 0 Å². The third-order valence-corrected chi connectivity index (χ3v) is 2.77. The second-order valence-corrected chi connectivity index (χ2v) is 5.17. The molecule has 4 nitrogen and oxygen atoms in total. The first kappa shape index (κ1) is 15.0. The van der Waals surface area contributed by atoms with Crippen LogP contribution in [-0.4, -0.2) is 17.7 Å². The van der Waals surface area contributed by atoms with E-state index in [4.69, 9.17) is 15.1 Å². The first-order chi connectivity index (χ1) is 8.93.